The summed E-state index contributed by atoms with van der Waals surface area (Å²) in [6, 6.07) is 15.1. The quantitative estimate of drug-likeness (QED) is 0.488. The highest BCUT2D eigenvalue weighted by Crippen LogP contribution is 2.41. The van der Waals surface area contributed by atoms with Gasteiger partial charge in [-0.1, -0.05) is 60.1 Å². The maximum absolute atomic E-state index is 12.8. The minimum atomic E-state index is -0.723. The summed E-state index contributed by atoms with van der Waals surface area (Å²) in [6.07, 6.45) is 0. The van der Waals surface area contributed by atoms with E-state index in [4.69, 9.17) is 11.6 Å². The zero-order chi connectivity index (χ0) is 19.6. The smallest absolute Gasteiger partial charge is 0.295 e. The van der Waals surface area contributed by atoms with Gasteiger partial charge in [-0.3, -0.25) is 9.59 Å². The molecular formula is C21H21ClN2O3. The zero-order valence-electron chi connectivity index (χ0n) is 15.2. The third kappa shape index (κ3) is 3.75. The van der Waals surface area contributed by atoms with Gasteiger partial charge in [0.15, 0.2) is 0 Å². The van der Waals surface area contributed by atoms with E-state index in [-0.39, 0.29) is 11.3 Å². The van der Waals surface area contributed by atoms with Crippen molar-refractivity contribution in [3.05, 3.63) is 76.3 Å². The Labute approximate surface area is 163 Å². The van der Waals surface area contributed by atoms with Crippen LogP contribution in [-0.4, -0.2) is 53.8 Å². The fourth-order valence-electron chi connectivity index (χ4n) is 3.19. The maximum atomic E-state index is 12.8. The summed E-state index contributed by atoms with van der Waals surface area (Å²) in [5, 5.41) is 11.3. The molecule has 140 valence electrons. The summed E-state index contributed by atoms with van der Waals surface area (Å²) in [5.41, 5.74) is 1.17. The Kier molecular flexibility index (Phi) is 5.63. The number of hydrogen-bond acceptors (Lipinski definition) is 4. The predicted octanol–water partition coefficient (Wildman–Crippen LogP) is 3.32. The van der Waals surface area contributed by atoms with Crippen LogP contribution in [-0.2, 0) is 9.59 Å². The molecule has 0 unspecified atom stereocenters. The van der Waals surface area contributed by atoms with Crippen LogP contribution in [0.15, 0.2) is 60.2 Å². The van der Waals surface area contributed by atoms with E-state index >= 15 is 0 Å². The SMILES string of the molecule is CN(C)CCN1C(=O)C(=O)/C(=C(/O)c2ccccc2)[C@@H]1c1ccccc1Cl. The van der Waals surface area contributed by atoms with Gasteiger partial charge < -0.3 is 14.9 Å². The largest absolute Gasteiger partial charge is 0.507 e. The number of carbonyl (C=O) groups excluding carboxylic acids is 2. The first-order chi connectivity index (χ1) is 12.9. The Morgan fingerprint density at radius 1 is 1.07 bits per heavy atom. The number of likely N-dealkylation sites (N-methyl/N-ethyl adjacent to an activating group) is 1. The van der Waals surface area contributed by atoms with Crippen molar-refractivity contribution in [2.45, 2.75) is 6.04 Å². The van der Waals surface area contributed by atoms with Crippen LogP contribution in [0.3, 0.4) is 0 Å². The molecule has 27 heavy (non-hydrogen) atoms. The molecule has 0 spiro atoms. The summed E-state index contributed by atoms with van der Waals surface area (Å²) >= 11 is 6.38. The monoisotopic (exact) mass is 384 g/mol. The molecule has 0 saturated carbocycles. The molecule has 2 aromatic rings. The molecule has 1 atom stereocenters. The molecule has 1 N–H and O–H groups in total. The normalized spacial score (nSPS) is 19.1. The van der Waals surface area contributed by atoms with Gasteiger partial charge in [0.1, 0.15) is 5.76 Å². The van der Waals surface area contributed by atoms with Gasteiger partial charge in [-0.2, -0.15) is 0 Å². The van der Waals surface area contributed by atoms with Crippen LogP contribution in [0.1, 0.15) is 17.2 Å². The molecule has 1 heterocycles. The Morgan fingerprint density at radius 3 is 2.33 bits per heavy atom. The molecule has 3 rings (SSSR count). The molecule has 0 bridgehead atoms. The number of rotatable bonds is 5. The first-order valence-corrected chi connectivity index (χ1v) is 9.02. The zero-order valence-corrected chi connectivity index (χ0v) is 16.0. The number of Topliss-reactive ketones (excluding diaryl/α,β-unsaturated/α-hetero) is 1. The second kappa shape index (κ2) is 7.94. The van der Waals surface area contributed by atoms with Gasteiger partial charge in [-0.15, -0.1) is 0 Å². The number of likely N-dealkylation sites (tertiary alicyclic amines) is 1. The number of aliphatic hydroxyl groups excluding tert-OH is 1. The molecule has 1 aliphatic rings. The van der Waals surface area contributed by atoms with Crippen molar-refractivity contribution in [1.82, 2.24) is 9.80 Å². The lowest BCUT2D eigenvalue weighted by Crippen LogP contribution is -2.35. The predicted molar refractivity (Wildman–Crippen MR) is 105 cm³/mol. The molecule has 2 aromatic carbocycles. The number of amides is 1. The molecule has 1 saturated heterocycles. The lowest BCUT2D eigenvalue weighted by molar-refractivity contribution is -0.140. The second-order valence-corrected chi connectivity index (χ2v) is 7.09. The number of benzene rings is 2. The number of halogens is 1. The average molecular weight is 385 g/mol. The van der Waals surface area contributed by atoms with Crippen LogP contribution >= 0.6 is 11.6 Å². The Bertz CT molecular complexity index is 893. The second-order valence-electron chi connectivity index (χ2n) is 6.68. The lowest BCUT2D eigenvalue weighted by Gasteiger charge is -2.27. The average Bonchev–Trinajstić information content (AvgIpc) is 2.91. The number of hydrogen-bond donors (Lipinski definition) is 1. The highest BCUT2D eigenvalue weighted by atomic mass is 35.5. The van der Waals surface area contributed by atoms with Crippen LogP contribution in [0.25, 0.3) is 5.76 Å². The molecule has 0 aromatic heterocycles. The third-order valence-corrected chi connectivity index (χ3v) is 4.92. The van der Waals surface area contributed by atoms with Gasteiger partial charge in [0.25, 0.3) is 11.7 Å². The van der Waals surface area contributed by atoms with E-state index in [0.29, 0.717) is 29.2 Å². The fraction of sp³-hybridized carbons (Fsp3) is 0.238. The van der Waals surface area contributed by atoms with Crippen LogP contribution in [0, 0.1) is 0 Å². The molecule has 1 aliphatic heterocycles. The van der Waals surface area contributed by atoms with E-state index in [9.17, 15) is 14.7 Å². The van der Waals surface area contributed by atoms with Crippen molar-refractivity contribution < 1.29 is 14.7 Å². The molecule has 1 amide bonds. The van der Waals surface area contributed by atoms with E-state index in [1.165, 1.54) is 4.90 Å². The number of ketones is 1. The lowest BCUT2D eigenvalue weighted by atomic mass is 9.95. The van der Waals surface area contributed by atoms with Gasteiger partial charge >= 0.3 is 0 Å². The van der Waals surface area contributed by atoms with Crippen molar-refractivity contribution in [2.24, 2.45) is 0 Å². The Morgan fingerprint density at radius 2 is 1.70 bits per heavy atom. The van der Waals surface area contributed by atoms with Gasteiger partial charge in [0, 0.05) is 23.7 Å². The van der Waals surface area contributed by atoms with Crippen molar-refractivity contribution in [1.29, 1.82) is 0 Å². The molecule has 6 heteroatoms. The third-order valence-electron chi connectivity index (χ3n) is 4.58. The van der Waals surface area contributed by atoms with Gasteiger partial charge in [-0.05, 0) is 25.7 Å². The van der Waals surface area contributed by atoms with Gasteiger partial charge in [0.2, 0.25) is 0 Å². The molecular weight excluding hydrogens is 364 g/mol. The van der Waals surface area contributed by atoms with Crippen molar-refractivity contribution in [3.63, 3.8) is 0 Å². The van der Waals surface area contributed by atoms with Crippen LogP contribution in [0.2, 0.25) is 5.02 Å². The van der Waals surface area contributed by atoms with Gasteiger partial charge in [-0.25, -0.2) is 0 Å². The van der Waals surface area contributed by atoms with Gasteiger partial charge in [0.05, 0.1) is 11.6 Å². The minimum absolute atomic E-state index is 0.0676. The minimum Gasteiger partial charge on any atom is -0.507 e. The van der Waals surface area contributed by atoms with Crippen LogP contribution in [0.4, 0.5) is 0 Å². The van der Waals surface area contributed by atoms with E-state index in [1.54, 1.807) is 48.5 Å². The standard InChI is InChI=1S/C21H21ClN2O3/c1-23(2)12-13-24-18(15-10-6-7-11-16(15)22)17(20(26)21(24)27)19(25)14-8-4-3-5-9-14/h3-11,18,25H,12-13H2,1-2H3/b19-17+/t18-/m0/s1. The Hall–Kier alpha value is -2.63. The summed E-state index contributed by atoms with van der Waals surface area (Å²) in [6.45, 7) is 0.929. The number of nitrogens with zero attached hydrogens (tertiary/aromatic N) is 2. The van der Waals surface area contributed by atoms with Crippen LogP contribution in [0.5, 0.6) is 0 Å². The first kappa shape index (κ1) is 19.1. The molecule has 5 nitrogen and oxygen atoms in total. The summed E-state index contributed by atoms with van der Waals surface area (Å²) < 4.78 is 0. The Balaban J connectivity index is 2.17. The van der Waals surface area contributed by atoms with E-state index < -0.39 is 17.7 Å². The van der Waals surface area contributed by atoms with Crippen molar-refractivity contribution in [2.75, 3.05) is 27.2 Å². The summed E-state index contributed by atoms with van der Waals surface area (Å²) in [7, 11) is 3.79. The fourth-order valence-corrected chi connectivity index (χ4v) is 3.43. The summed E-state index contributed by atoms with van der Waals surface area (Å²) in [5.74, 6) is -1.51. The highest BCUT2D eigenvalue weighted by molar-refractivity contribution is 6.47. The topological polar surface area (TPSA) is 60.9 Å². The number of aliphatic hydroxyl groups is 1. The summed E-state index contributed by atoms with van der Waals surface area (Å²) in [4.78, 5) is 28.9. The van der Waals surface area contributed by atoms with Crippen molar-refractivity contribution >= 4 is 29.1 Å². The van der Waals surface area contributed by atoms with Crippen molar-refractivity contribution in [3.8, 4) is 0 Å². The van der Waals surface area contributed by atoms with E-state index in [1.807, 2.05) is 25.1 Å². The first-order valence-electron chi connectivity index (χ1n) is 8.64. The van der Waals surface area contributed by atoms with Crippen LogP contribution < -0.4 is 0 Å². The number of carbonyl (C=O) groups is 2. The maximum Gasteiger partial charge on any atom is 0.295 e. The van der Waals surface area contributed by atoms with E-state index in [0.717, 1.165) is 0 Å². The molecule has 1 fully saturated rings. The molecule has 0 radical (unpaired) electrons. The van der Waals surface area contributed by atoms with E-state index in [2.05, 4.69) is 0 Å². The highest BCUT2D eigenvalue weighted by Gasteiger charge is 2.46. The molecule has 0 aliphatic carbocycles.